The van der Waals surface area contributed by atoms with E-state index in [4.69, 9.17) is 0 Å². The molecule has 0 bridgehead atoms. The number of fused-ring (bicyclic) bond motifs is 1. The van der Waals surface area contributed by atoms with Crippen LogP contribution in [0, 0.1) is 5.92 Å². The first-order valence-electron chi connectivity index (χ1n) is 5.77. The molecule has 0 radical (unpaired) electrons. The minimum Gasteiger partial charge on any atom is -0.373 e. The van der Waals surface area contributed by atoms with Crippen LogP contribution in [0.1, 0.15) is 27.2 Å². The van der Waals surface area contributed by atoms with Crippen molar-refractivity contribution in [1.29, 1.82) is 0 Å². The summed E-state index contributed by atoms with van der Waals surface area (Å²) in [5.74, 6) is 0.724. The summed E-state index contributed by atoms with van der Waals surface area (Å²) >= 11 is 1.56. The molecule has 1 aromatic carbocycles. The molecule has 1 aromatic heterocycles. The summed E-state index contributed by atoms with van der Waals surface area (Å²) in [5, 5.41) is 5.99. The SMILES string of the molecule is CC(C)CC(C)Nc1snc2ccccc12. The number of hydrogen-bond acceptors (Lipinski definition) is 3. The van der Waals surface area contributed by atoms with Crippen LogP contribution in [-0.2, 0) is 0 Å². The van der Waals surface area contributed by atoms with E-state index in [1.807, 2.05) is 6.07 Å². The molecule has 1 N–H and O–H groups in total. The minimum absolute atomic E-state index is 0.504. The van der Waals surface area contributed by atoms with E-state index in [9.17, 15) is 0 Å². The van der Waals surface area contributed by atoms with Crippen LogP contribution in [0.25, 0.3) is 10.9 Å². The number of nitrogens with zero attached hydrogens (tertiary/aromatic N) is 1. The van der Waals surface area contributed by atoms with Crippen LogP contribution in [0.5, 0.6) is 0 Å². The quantitative estimate of drug-likeness (QED) is 0.860. The van der Waals surface area contributed by atoms with Gasteiger partial charge in [-0.3, -0.25) is 0 Å². The molecule has 1 heterocycles. The second-order valence-electron chi connectivity index (χ2n) is 4.70. The van der Waals surface area contributed by atoms with Gasteiger partial charge < -0.3 is 5.32 Å². The Morgan fingerprint density at radius 3 is 2.75 bits per heavy atom. The molecular weight excluding hydrogens is 216 g/mol. The fourth-order valence-electron chi connectivity index (χ4n) is 1.98. The van der Waals surface area contributed by atoms with E-state index in [0.29, 0.717) is 6.04 Å². The van der Waals surface area contributed by atoms with Crippen molar-refractivity contribution in [2.75, 3.05) is 5.32 Å². The molecule has 2 aromatic rings. The van der Waals surface area contributed by atoms with Gasteiger partial charge in [-0.1, -0.05) is 26.0 Å². The molecule has 0 fully saturated rings. The third-order valence-corrected chi connectivity index (χ3v) is 3.39. The van der Waals surface area contributed by atoms with Gasteiger partial charge >= 0.3 is 0 Å². The predicted molar refractivity (Wildman–Crippen MR) is 72.2 cm³/mol. The topological polar surface area (TPSA) is 24.9 Å². The summed E-state index contributed by atoms with van der Waals surface area (Å²) in [6, 6.07) is 8.79. The Hall–Kier alpha value is -1.09. The minimum atomic E-state index is 0.504. The molecule has 0 spiro atoms. The summed E-state index contributed by atoms with van der Waals surface area (Å²) in [6.07, 6.45) is 1.19. The number of rotatable bonds is 4. The molecule has 0 aliphatic heterocycles. The lowest BCUT2D eigenvalue weighted by Gasteiger charge is -2.15. The maximum atomic E-state index is 4.43. The highest BCUT2D eigenvalue weighted by atomic mass is 32.1. The Morgan fingerprint density at radius 2 is 2.00 bits per heavy atom. The van der Waals surface area contributed by atoms with Crippen molar-refractivity contribution in [2.24, 2.45) is 5.92 Å². The van der Waals surface area contributed by atoms with Crippen LogP contribution < -0.4 is 5.32 Å². The third kappa shape index (κ3) is 2.53. The van der Waals surface area contributed by atoms with Gasteiger partial charge in [-0.2, -0.15) is 4.37 Å². The fraction of sp³-hybridized carbons (Fsp3) is 0.462. The van der Waals surface area contributed by atoms with Gasteiger partial charge in [0.1, 0.15) is 5.00 Å². The van der Waals surface area contributed by atoms with Crippen molar-refractivity contribution in [2.45, 2.75) is 33.2 Å². The van der Waals surface area contributed by atoms with Crippen LogP contribution >= 0.6 is 11.5 Å². The standard InChI is InChI=1S/C13H18N2S/c1-9(2)8-10(3)14-13-11-6-4-5-7-12(11)15-16-13/h4-7,9-10,14H,8H2,1-3H3. The first kappa shape index (κ1) is 11.4. The van der Waals surface area contributed by atoms with Crippen molar-refractivity contribution >= 4 is 27.4 Å². The van der Waals surface area contributed by atoms with E-state index < -0.39 is 0 Å². The Morgan fingerprint density at radius 1 is 1.25 bits per heavy atom. The third-order valence-electron chi connectivity index (χ3n) is 2.59. The lowest BCUT2D eigenvalue weighted by Crippen LogP contribution is -2.16. The molecule has 2 nitrogen and oxygen atoms in total. The predicted octanol–water partition coefficient (Wildman–Crippen LogP) is 4.14. The lowest BCUT2D eigenvalue weighted by atomic mass is 10.1. The largest absolute Gasteiger partial charge is 0.373 e. The fourth-order valence-corrected chi connectivity index (χ4v) is 2.86. The molecule has 1 atom stereocenters. The molecule has 0 saturated heterocycles. The van der Waals surface area contributed by atoms with E-state index in [2.05, 4.69) is 48.7 Å². The lowest BCUT2D eigenvalue weighted by molar-refractivity contribution is 0.540. The zero-order chi connectivity index (χ0) is 11.5. The molecule has 1 unspecified atom stereocenters. The second-order valence-corrected chi connectivity index (χ2v) is 5.48. The van der Waals surface area contributed by atoms with Crippen LogP contribution in [-0.4, -0.2) is 10.4 Å². The second kappa shape index (κ2) is 4.83. The van der Waals surface area contributed by atoms with Gasteiger partial charge in [0.2, 0.25) is 0 Å². The van der Waals surface area contributed by atoms with E-state index in [-0.39, 0.29) is 0 Å². The number of nitrogens with one attached hydrogen (secondary N) is 1. The van der Waals surface area contributed by atoms with Crippen LogP contribution in [0.4, 0.5) is 5.00 Å². The Bertz CT molecular complexity index is 462. The number of anilines is 1. The first-order valence-corrected chi connectivity index (χ1v) is 6.55. The normalized spacial score (nSPS) is 13.2. The molecule has 0 saturated carbocycles. The van der Waals surface area contributed by atoms with Crippen LogP contribution in [0.15, 0.2) is 24.3 Å². The number of hydrogen-bond donors (Lipinski definition) is 1. The summed E-state index contributed by atoms with van der Waals surface area (Å²) in [6.45, 7) is 6.74. The summed E-state index contributed by atoms with van der Waals surface area (Å²) in [7, 11) is 0. The highest BCUT2D eigenvalue weighted by Crippen LogP contribution is 2.28. The average molecular weight is 234 g/mol. The van der Waals surface area contributed by atoms with Gasteiger partial charge in [0.25, 0.3) is 0 Å². The van der Waals surface area contributed by atoms with Gasteiger partial charge in [-0.15, -0.1) is 0 Å². The van der Waals surface area contributed by atoms with Gasteiger partial charge in [-0.25, -0.2) is 0 Å². The maximum Gasteiger partial charge on any atom is 0.117 e. The first-order chi connectivity index (χ1) is 7.66. The van der Waals surface area contributed by atoms with Gasteiger partial charge in [0, 0.05) is 11.4 Å². The molecule has 0 amide bonds. The highest BCUT2D eigenvalue weighted by molar-refractivity contribution is 7.11. The molecular formula is C13H18N2S. The smallest absolute Gasteiger partial charge is 0.117 e. The van der Waals surface area contributed by atoms with Crippen LogP contribution in [0.3, 0.4) is 0 Å². The molecule has 2 rings (SSSR count). The Balaban J connectivity index is 2.15. The van der Waals surface area contributed by atoms with Gasteiger partial charge in [0.15, 0.2) is 0 Å². The van der Waals surface area contributed by atoms with E-state index in [1.54, 1.807) is 11.5 Å². The molecule has 86 valence electrons. The monoisotopic (exact) mass is 234 g/mol. The number of benzene rings is 1. The van der Waals surface area contributed by atoms with Crippen LogP contribution in [0.2, 0.25) is 0 Å². The van der Waals surface area contributed by atoms with Gasteiger partial charge in [-0.05, 0) is 42.9 Å². The Labute approximate surface area is 101 Å². The van der Waals surface area contributed by atoms with Crippen molar-refractivity contribution in [1.82, 2.24) is 4.37 Å². The highest BCUT2D eigenvalue weighted by Gasteiger charge is 2.09. The zero-order valence-electron chi connectivity index (χ0n) is 10.0. The average Bonchev–Trinajstić information content (AvgIpc) is 2.61. The van der Waals surface area contributed by atoms with E-state index in [1.165, 1.54) is 16.8 Å². The van der Waals surface area contributed by atoms with E-state index in [0.717, 1.165) is 11.4 Å². The van der Waals surface area contributed by atoms with Gasteiger partial charge in [0.05, 0.1) is 5.52 Å². The van der Waals surface area contributed by atoms with E-state index >= 15 is 0 Å². The molecule has 16 heavy (non-hydrogen) atoms. The summed E-state index contributed by atoms with van der Waals surface area (Å²) < 4.78 is 4.43. The molecule has 0 aliphatic rings. The summed E-state index contributed by atoms with van der Waals surface area (Å²) in [4.78, 5) is 0. The van der Waals surface area contributed by atoms with Crippen molar-refractivity contribution in [3.8, 4) is 0 Å². The number of aromatic nitrogens is 1. The zero-order valence-corrected chi connectivity index (χ0v) is 10.8. The van der Waals surface area contributed by atoms with Crippen molar-refractivity contribution in [3.63, 3.8) is 0 Å². The maximum absolute atomic E-state index is 4.43. The molecule has 0 aliphatic carbocycles. The molecule has 3 heteroatoms. The summed E-state index contributed by atoms with van der Waals surface area (Å²) in [5.41, 5.74) is 1.09. The van der Waals surface area contributed by atoms with Crippen molar-refractivity contribution in [3.05, 3.63) is 24.3 Å². The Kier molecular flexibility index (Phi) is 3.44. The van der Waals surface area contributed by atoms with Crippen molar-refractivity contribution < 1.29 is 0 Å².